The number of rotatable bonds is 8. The molecule has 3 nitrogen and oxygen atoms in total. The van der Waals surface area contributed by atoms with E-state index < -0.39 is 0 Å². The Kier molecular flexibility index (Phi) is 6.21. The molecule has 21 heavy (non-hydrogen) atoms. The highest BCUT2D eigenvalue weighted by atomic mass is 32.1. The summed E-state index contributed by atoms with van der Waals surface area (Å²) in [7, 11) is 0. The minimum Gasteiger partial charge on any atom is -0.493 e. The van der Waals surface area contributed by atoms with E-state index in [1.165, 1.54) is 4.88 Å². The molecule has 2 rings (SSSR count). The number of aromatic nitrogens is 1. The quantitative estimate of drug-likeness (QED) is 0.805. The van der Waals surface area contributed by atoms with Crippen LogP contribution in [0.1, 0.15) is 29.4 Å². The van der Waals surface area contributed by atoms with Crippen LogP contribution in [-0.4, -0.2) is 18.1 Å². The van der Waals surface area contributed by atoms with Crippen molar-refractivity contribution in [3.63, 3.8) is 0 Å². The zero-order valence-corrected chi connectivity index (χ0v) is 13.9. The second-order valence-electron chi connectivity index (χ2n) is 5.55. The molecule has 0 unspecified atom stereocenters. The van der Waals surface area contributed by atoms with E-state index in [1.54, 1.807) is 11.3 Å². The van der Waals surface area contributed by atoms with Gasteiger partial charge in [0.25, 0.3) is 0 Å². The standard InChI is InChI=1S/C17H24N2OS/c1-13(2)11-18-12-16-14(3)19-17(21-16)9-10-20-15-7-5-4-6-8-15/h4-8,13,18H,9-12H2,1-3H3. The summed E-state index contributed by atoms with van der Waals surface area (Å²) in [5.41, 5.74) is 1.14. The third-order valence-corrected chi connectivity index (χ3v) is 4.32. The van der Waals surface area contributed by atoms with E-state index in [0.29, 0.717) is 12.5 Å². The van der Waals surface area contributed by atoms with Crippen molar-refractivity contribution in [2.45, 2.75) is 33.7 Å². The van der Waals surface area contributed by atoms with E-state index in [4.69, 9.17) is 4.74 Å². The number of thiazole rings is 1. The molecule has 0 bridgehead atoms. The van der Waals surface area contributed by atoms with Crippen molar-refractivity contribution in [2.75, 3.05) is 13.2 Å². The van der Waals surface area contributed by atoms with Gasteiger partial charge in [-0.05, 0) is 31.5 Å². The molecule has 0 aliphatic heterocycles. The fourth-order valence-corrected chi connectivity index (χ4v) is 3.03. The maximum absolute atomic E-state index is 5.72. The first-order chi connectivity index (χ1) is 10.1. The SMILES string of the molecule is Cc1nc(CCOc2ccccc2)sc1CNCC(C)C. The topological polar surface area (TPSA) is 34.1 Å². The number of aryl methyl sites for hydroxylation is 1. The Balaban J connectivity index is 1.79. The van der Waals surface area contributed by atoms with Crippen LogP contribution in [0.4, 0.5) is 0 Å². The van der Waals surface area contributed by atoms with Crippen molar-refractivity contribution in [3.8, 4) is 5.75 Å². The van der Waals surface area contributed by atoms with E-state index >= 15 is 0 Å². The van der Waals surface area contributed by atoms with Crippen LogP contribution in [0.3, 0.4) is 0 Å². The molecule has 0 saturated carbocycles. The van der Waals surface area contributed by atoms with Gasteiger partial charge < -0.3 is 10.1 Å². The molecule has 0 aliphatic rings. The molecule has 0 spiro atoms. The first-order valence-corrected chi connectivity index (χ1v) is 8.30. The van der Waals surface area contributed by atoms with E-state index in [1.807, 2.05) is 30.3 Å². The Labute approximate surface area is 131 Å². The molecule has 114 valence electrons. The number of benzene rings is 1. The van der Waals surface area contributed by atoms with Crippen LogP contribution in [0.25, 0.3) is 0 Å². The maximum Gasteiger partial charge on any atom is 0.119 e. The molecule has 1 heterocycles. The van der Waals surface area contributed by atoms with Crippen molar-refractivity contribution in [1.82, 2.24) is 10.3 Å². The van der Waals surface area contributed by atoms with Crippen molar-refractivity contribution >= 4 is 11.3 Å². The Morgan fingerprint density at radius 2 is 2.00 bits per heavy atom. The smallest absolute Gasteiger partial charge is 0.119 e. The van der Waals surface area contributed by atoms with Gasteiger partial charge in [0.15, 0.2) is 0 Å². The van der Waals surface area contributed by atoms with Gasteiger partial charge in [-0.25, -0.2) is 4.98 Å². The summed E-state index contributed by atoms with van der Waals surface area (Å²) in [5, 5.41) is 4.63. The summed E-state index contributed by atoms with van der Waals surface area (Å²) < 4.78 is 5.72. The Hall–Kier alpha value is -1.39. The molecule has 2 aromatic rings. The number of nitrogens with one attached hydrogen (secondary N) is 1. The van der Waals surface area contributed by atoms with Gasteiger partial charge in [-0.1, -0.05) is 32.0 Å². The van der Waals surface area contributed by atoms with Crippen molar-refractivity contribution in [1.29, 1.82) is 0 Å². The molecule has 1 aromatic heterocycles. The van der Waals surface area contributed by atoms with Gasteiger partial charge in [0.2, 0.25) is 0 Å². The van der Waals surface area contributed by atoms with Gasteiger partial charge in [-0.15, -0.1) is 11.3 Å². The Morgan fingerprint density at radius 3 is 2.71 bits per heavy atom. The van der Waals surface area contributed by atoms with Crippen LogP contribution in [0.2, 0.25) is 0 Å². The minimum absolute atomic E-state index is 0.676. The highest BCUT2D eigenvalue weighted by Gasteiger charge is 2.07. The first-order valence-electron chi connectivity index (χ1n) is 7.49. The molecule has 0 aliphatic carbocycles. The monoisotopic (exact) mass is 304 g/mol. The number of hydrogen-bond donors (Lipinski definition) is 1. The largest absolute Gasteiger partial charge is 0.493 e. The van der Waals surface area contributed by atoms with Gasteiger partial charge >= 0.3 is 0 Å². The average molecular weight is 304 g/mol. The lowest BCUT2D eigenvalue weighted by atomic mass is 10.2. The van der Waals surface area contributed by atoms with Crippen molar-refractivity contribution in [3.05, 3.63) is 45.9 Å². The van der Waals surface area contributed by atoms with Gasteiger partial charge in [0.05, 0.1) is 17.3 Å². The number of para-hydroxylation sites is 1. The summed E-state index contributed by atoms with van der Waals surface area (Å²) in [5.74, 6) is 1.60. The van der Waals surface area contributed by atoms with Gasteiger partial charge in [-0.2, -0.15) is 0 Å². The van der Waals surface area contributed by atoms with Crippen molar-refractivity contribution in [2.24, 2.45) is 5.92 Å². The molecule has 0 saturated heterocycles. The summed E-state index contributed by atoms with van der Waals surface area (Å²) >= 11 is 1.79. The number of ether oxygens (including phenoxy) is 1. The highest BCUT2D eigenvalue weighted by molar-refractivity contribution is 7.11. The lowest BCUT2D eigenvalue weighted by molar-refractivity contribution is 0.321. The predicted molar refractivity (Wildman–Crippen MR) is 89.0 cm³/mol. The van der Waals surface area contributed by atoms with Crippen LogP contribution in [0, 0.1) is 12.8 Å². The summed E-state index contributed by atoms with van der Waals surface area (Å²) in [6.45, 7) is 9.17. The lowest BCUT2D eigenvalue weighted by Gasteiger charge is -2.05. The van der Waals surface area contributed by atoms with Gasteiger partial charge in [0.1, 0.15) is 5.75 Å². The summed E-state index contributed by atoms with van der Waals surface area (Å²) in [4.78, 5) is 5.98. The molecule has 4 heteroatoms. The van der Waals surface area contributed by atoms with Gasteiger partial charge in [0, 0.05) is 17.8 Å². The van der Waals surface area contributed by atoms with E-state index in [2.05, 4.69) is 31.1 Å². The maximum atomic E-state index is 5.72. The predicted octanol–water partition coefficient (Wildman–Crippen LogP) is 3.82. The summed E-state index contributed by atoms with van der Waals surface area (Å²) in [6, 6.07) is 9.93. The number of hydrogen-bond acceptors (Lipinski definition) is 4. The minimum atomic E-state index is 0.676. The van der Waals surface area contributed by atoms with Gasteiger partial charge in [-0.3, -0.25) is 0 Å². The van der Waals surface area contributed by atoms with Crippen LogP contribution < -0.4 is 10.1 Å². The molecule has 1 N–H and O–H groups in total. The molecule has 0 radical (unpaired) electrons. The van der Waals surface area contributed by atoms with Crippen LogP contribution in [0.5, 0.6) is 5.75 Å². The van der Waals surface area contributed by atoms with Crippen LogP contribution in [0.15, 0.2) is 30.3 Å². The van der Waals surface area contributed by atoms with Crippen LogP contribution in [-0.2, 0) is 13.0 Å². The zero-order chi connectivity index (χ0) is 15.1. The molecule has 0 atom stereocenters. The Morgan fingerprint density at radius 1 is 1.24 bits per heavy atom. The first kappa shape index (κ1) is 16.0. The normalized spacial score (nSPS) is 11.0. The fraction of sp³-hybridized carbons (Fsp3) is 0.471. The fourth-order valence-electron chi connectivity index (χ4n) is 2.01. The van der Waals surface area contributed by atoms with Crippen molar-refractivity contribution < 1.29 is 4.74 Å². The third-order valence-electron chi connectivity index (χ3n) is 3.10. The number of nitrogens with zero attached hydrogens (tertiary/aromatic N) is 1. The van der Waals surface area contributed by atoms with E-state index in [-0.39, 0.29) is 0 Å². The van der Waals surface area contributed by atoms with E-state index in [9.17, 15) is 0 Å². The molecular formula is C17H24N2OS. The third kappa shape index (κ3) is 5.48. The lowest BCUT2D eigenvalue weighted by Crippen LogP contribution is -2.18. The zero-order valence-electron chi connectivity index (χ0n) is 13.1. The average Bonchev–Trinajstić information content (AvgIpc) is 2.80. The summed E-state index contributed by atoms with van der Waals surface area (Å²) in [6.07, 6.45) is 0.866. The molecular weight excluding hydrogens is 280 g/mol. The van der Waals surface area contributed by atoms with E-state index in [0.717, 1.165) is 36.0 Å². The molecule has 0 amide bonds. The second-order valence-corrected chi connectivity index (χ2v) is 6.72. The second kappa shape index (κ2) is 8.15. The molecule has 1 aromatic carbocycles. The molecule has 0 fully saturated rings. The highest BCUT2D eigenvalue weighted by Crippen LogP contribution is 2.19. The van der Waals surface area contributed by atoms with Crippen LogP contribution >= 0.6 is 11.3 Å². The Bertz CT molecular complexity index is 537.